The molecule has 0 aromatic heterocycles. The number of hydrogen-bond donors (Lipinski definition) is 1. The predicted octanol–water partition coefficient (Wildman–Crippen LogP) is 1.03. The molecule has 0 radical (unpaired) electrons. The van der Waals surface area contributed by atoms with Gasteiger partial charge in [-0.25, -0.2) is 0 Å². The molecule has 0 bridgehead atoms. The van der Waals surface area contributed by atoms with Gasteiger partial charge < -0.3 is 10.1 Å². The molecule has 1 heterocycles. The Balaban J connectivity index is 2.37. The van der Waals surface area contributed by atoms with Crippen LogP contribution in [-0.4, -0.2) is 35.7 Å². The van der Waals surface area contributed by atoms with Gasteiger partial charge >= 0.3 is 5.97 Å². The molecule has 0 spiro atoms. The fourth-order valence-electron chi connectivity index (χ4n) is 1.25. The fraction of sp³-hybridized carbons (Fsp3) is 0.889. The van der Waals surface area contributed by atoms with Gasteiger partial charge in [-0.2, -0.15) is 11.8 Å². The molecule has 1 fully saturated rings. The summed E-state index contributed by atoms with van der Waals surface area (Å²) in [7, 11) is 0. The first-order chi connectivity index (χ1) is 6.09. The molecule has 13 heavy (non-hydrogen) atoms. The Kier molecular flexibility index (Phi) is 4.06. The molecule has 1 aliphatic heterocycles. The molecule has 1 N–H and O–H groups in total. The van der Waals surface area contributed by atoms with Gasteiger partial charge in [-0.3, -0.25) is 4.79 Å². The van der Waals surface area contributed by atoms with E-state index in [4.69, 9.17) is 4.74 Å². The molecule has 76 valence electrons. The Bertz CT molecular complexity index is 184. The molecule has 0 unspecified atom stereocenters. The molecular formula is C9H17NO2S. The number of hydrogen-bond acceptors (Lipinski definition) is 4. The van der Waals surface area contributed by atoms with Crippen LogP contribution in [0.4, 0.5) is 0 Å². The number of rotatable bonds is 2. The van der Waals surface area contributed by atoms with E-state index >= 15 is 0 Å². The average molecular weight is 203 g/mol. The lowest BCUT2D eigenvalue weighted by molar-refractivity contribution is -0.149. The van der Waals surface area contributed by atoms with Crippen molar-refractivity contribution in [3.05, 3.63) is 0 Å². The normalized spacial score (nSPS) is 28.9. The zero-order chi connectivity index (χ0) is 9.84. The third-order valence-electron chi connectivity index (χ3n) is 1.77. The molecule has 1 rings (SSSR count). The van der Waals surface area contributed by atoms with Crippen molar-refractivity contribution in [2.24, 2.45) is 0 Å². The topological polar surface area (TPSA) is 38.3 Å². The molecule has 0 aromatic rings. The fourth-order valence-corrected chi connectivity index (χ4v) is 2.31. The summed E-state index contributed by atoms with van der Waals surface area (Å²) >= 11 is 1.80. The monoisotopic (exact) mass is 203 g/mol. The second-order valence-electron chi connectivity index (χ2n) is 3.64. The number of nitrogens with one attached hydrogen (secondary N) is 1. The summed E-state index contributed by atoms with van der Waals surface area (Å²) in [6.07, 6.45) is -0.0171. The Morgan fingerprint density at radius 1 is 1.54 bits per heavy atom. The van der Waals surface area contributed by atoms with Crippen molar-refractivity contribution in [1.29, 1.82) is 0 Å². The van der Waals surface area contributed by atoms with Crippen molar-refractivity contribution in [2.75, 3.05) is 11.5 Å². The van der Waals surface area contributed by atoms with Gasteiger partial charge in [-0.15, -0.1) is 0 Å². The molecule has 1 aliphatic rings. The van der Waals surface area contributed by atoms with Crippen molar-refractivity contribution in [2.45, 2.75) is 39.0 Å². The maximum atomic E-state index is 11.5. The zero-order valence-corrected chi connectivity index (χ0v) is 9.19. The van der Waals surface area contributed by atoms with E-state index in [1.54, 1.807) is 11.8 Å². The minimum Gasteiger partial charge on any atom is -0.462 e. The lowest BCUT2D eigenvalue weighted by Crippen LogP contribution is -2.49. The second kappa shape index (κ2) is 4.86. The number of thioether (sulfide) groups is 1. The summed E-state index contributed by atoms with van der Waals surface area (Å²) in [5.74, 6) is 1.79. The van der Waals surface area contributed by atoms with E-state index in [1.807, 2.05) is 13.8 Å². The van der Waals surface area contributed by atoms with Crippen LogP contribution in [0.3, 0.4) is 0 Å². The number of ether oxygens (including phenoxy) is 1. The van der Waals surface area contributed by atoms with Gasteiger partial charge in [-0.05, 0) is 20.8 Å². The van der Waals surface area contributed by atoms with Crippen molar-refractivity contribution < 1.29 is 9.53 Å². The van der Waals surface area contributed by atoms with Gasteiger partial charge in [0.05, 0.1) is 6.10 Å². The van der Waals surface area contributed by atoms with Crippen LogP contribution in [0.1, 0.15) is 20.8 Å². The summed E-state index contributed by atoms with van der Waals surface area (Å²) in [6, 6.07) is 0.291. The summed E-state index contributed by atoms with van der Waals surface area (Å²) in [5, 5.41) is 3.23. The van der Waals surface area contributed by atoms with Crippen molar-refractivity contribution in [3.63, 3.8) is 0 Å². The van der Waals surface area contributed by atoms with E-state index in [0.717, 1.165) is 11.5 Å². The van der Waals surface area contributed by atoms with Crippen LogP contribution < -0.4 is 5.32 Å². The molecular weight excluding hydrogens is 186 g/mol. The van der Waals surface area contributed by atoms with Crippen molar-refractivity contribution >= 4 is 17.7 Å². The Morgan fingerprint density at radius 3 is 2.77 bits per heavy atom. The first-order valence-corrected chi connectivity index (χ1v) is 5.79. The van der Waals surface area contributed by atoms with Gasteiger partial charge in [0.2, 0.25) is 0 Å². The highest BCUT2D eigenvalue weighted by molar-refractivity contribution is 7.99. The standard InChI is InChI=1S/C9H17NO2S/c1-6(2)12-9(11)8-5-13-4-7(3)10-8/h6-8,10H,4-5H2,1-3H3/t7-,8-/m0/s1. The van der Waals surface area contributed by atoms with E-state index in [1.165, 1.54) is 0 Å². The number of carbonyl (C=O) groups is 1. The Hall–Kier alpha value is -0.220. The quantitative estimate of drug-likeness (QED) is 0.680. The second-order valence-corrected chi connectivity index (χ2v) is 4.72. The first kappa shape index (κ1) is 10.9. The summed E-state index contributed by atoms with van der Waals surface area (Å²) in [5.41, 5.74) is 0. The minimum atomic E-state index is -0.117. The molecule has 2 atom stereocenters. The Labute approximate surface area is 83.6 Å². The van der Waals surface area contributed by atoms with Crippen molar-refractivity contribution in [1.82, 2.24) is 5.32 Å². The highest BCUT2D eigenvalue weighted by Crippen LogP contribution is 2.13. The summed E-state index contributed by atoms with van der Waals surface area (Å²) in [6.45, 7) is 5.83. The van der Waals surface area contributed by atoms with E-state index < -0.39 is 0 Å². The maximum absolute atomic E-state index is 11.5. The van der Waals surface area contributed by atoms with Crippen LogP contribution in [0, 0.1) is 0 Å². The maximum Gasteiger partial charge on any atom is 0.324 e. The average Bonchev–Trinajstić information content (AvgIpc) is 2.03. The zero-order valence-electron chi connectivity index (χ0n) is 8.37. The first-order valence-electron chi connectivity index (χ1n) is 4.64. The minimum absolute atomic E-state index is 0.0171. The number of esters is 1. The molecule has 1 saturated heterocycles. The van der Waals surface area contributed by atoms with Gasteiger partial charge in [0.25, 0.3) is 0 Å². The molecule has 4 heteroatoms. The molecule has 0 aliphatic carbocycles. The third kappa shape index (κ3) is 3.56. The van der Waals surface area contributed by atoms with Crippen molar-refractivity contribution in [3.8, 4) is 0 Å². The lowest BCUT2D eigenvalue weighted by Gasteiger charge is -2.27. The van der Waals surface area contributed by atoms with E-state index in [9.17, 15) is 4.79 Å². The van der Waals surface area contributed by atoms with Crippen LogP contribution in [-0.2, 0) is 9.53 Å². The summed E-state index contributed by atoms with van der Waals surface area (Å²) in [4.78, 5) is 11.5. The molecule has 0 aromatic carbocycles. The Morgan fingerprint density at radius 2 is 2.23 bits per heavy atom. The van der Waals surface area contributed by atoms with Gasteiger partial charge in [0, 0.05) is 17.5 Å². The van der Waals surface area contributed by atoms with Crippen LogP contribution in [0.15, 0.2) is 0 Å². The van der Waals surface area contributed by atoms with E-state index in [2.05, 4.69) is 12.2 Å². The van der Waals surface area contributed by atoms with Crippen LogP contribution >= 0.6 is 11.8 Å². The molecule has 0 amide bonds. The van der Waals surface area contributed by atoms with Crippen LogP contribution in [0.2, 0.25) is 0 Å². The predicted molar refractivity (Wildman–Crippen MR) is 54.9 cm³/mol. The summed E-state index contributed by atoms with van der Waals surface area (Å²) < 4.78 is 5.12. The highest BCUT2D eigenvalue weighted by Gasteiger charge is 2.26. The van der Waals surface area contributed by atoms with Crippen LogP contribution in [0.5, 0.6) is 0 Å². The molecule has 0 saturated carbocycles. The van der Waals surface area contributed by atoms with E-state index in [0.29, 0.717) is 6.04 Å². The molecule has 3 nitrogen and oxygen atoms in total. The van der Waals surface area contributed by atoms with Gasteiger partial charge in [0.1, 0.15) is 6.04 Å². The van der Waals surface area contributed by atoms with Gasteiger partial charge in [-0.1, -0.05) is 0 Å². The smallest absolute Gasteiger partial charge is 0.324 e. The number of carbonyl (C=O) groups excluding carboxylic acids is 1. The largest absolute Gasteiger partial charge is 0.462 e. The lowest BCUT2D eigenvalue weighted by atomic mass is 10.2. The highest BCUT2D eigenvalue weighted by atomic mass is 32.2. The van der Waals surface area contributed by atoms with E-state index in [-0.39, 0.29) is 18.1 Å². The van der Waals surface area contributed by atoms with Crippen LogP contribution in [0.25, 0.3) is 0 Å². The van der Waals surface area contributed by atoms with Gasteiger partial charge in [0.15, 0.2) is 0 Å². The SMILES string of the molecule is CC(C)OC(=O)[C@@H]1CSC[C@H](C)N1. The third-order valence-corrected chi connectivity index (χ3v) is 3.08.